The number of nitro groups is 1. The summed E-state index contributed by atoms with van der Waals surface area (Å²) in [7, 11) is 1.48. The van der Waals surface area contributed by atoms with Crippen molar-refractivity contribution in [1.82, 2.24) is 0 Å². The number of benzene rings is 2. The van der Waals surface area contributed by atoms with Crippen molar-refractivity contribution in [3.8, 4) is 11.8 Å². The monoisotopic (exact) mass is 348 g/mol. The maximum atomic E-state index is 12.7. The van der Waals surface area contributed by atoms with Gasteiger partial charge in [-0.2, -0.15) is 5.26 Å². The summed E-state index contributed by atoms with van der Waals surface area (Å²) in [6.45, 7) is 0. The maximum absolute atomic E-state index is 12.7. The molecule has 0 aliphatic heterocycles. The summed E-state index contributed by atoms with van der Waals surface area (Å²) >= 11 is 0. The number of nitrogens with zero attached hydrogens (tertiary/aromatic N) is 2. The molecule has 3 aromatic rings. The molecule has 1 heterocycles. The molecule has 0 aliphatic rings. The Morgan fingerprint density at radius 2 is 2.08 bits per heavy atom. The fourth-order valence-corrected chi connectivity index (χ4v) is 2.54. The molecule has 1 aromatic heterocycles. The SMILES string of the molecule is COc1ccc2occ(/C=C(\C#N)c3ccccc3[N+](=O)[O-])c(=O)c2c1. The Hall–Kier alpha value is -3.92. The van der Waals surface area contributed by atoms with Crippen LogP contribution in [-0.2, 0) is 0 Å². The zero-order valence-electron chi connectivity index (χ0n) is 13.6. The Bertz CT molecular complexity index is 1140. The third-order valence-corrected chi connectivity index (χ3v) is 3.82. The fraction of sp³-hybridized carbons (Fsp3) is 0.0526. The van der Waals surface area contributed by atoms with Crippen LogP contribution in [0.2, 0.25) is 0 Å². The zero-order valence-corrected chi connectivity index (χ0v) is 13.6. The molecule has 128 valence electrons. The number of ether oxygens (including phenoxy) is 1. The summed E-state index contributed by atoms with van der Waals surface area (Å²) in [5.41, 5.74) is 0.0261. The van der Waals surface area contributed by atoms with Gasteiger partial charge in [0.05, 0.1) is 34.1 Å². The van der Waals surface area contributed by atoms with Crippen LogP contribution in [0.25, 0.3) is 22.6 Å². The average molecular weight is 348 g/mol. The van der Waals surface area contributed by atoms with E-state index in [9.17, 15) is 20.2 Å². The van der Waals surface area contributed by atoms with E-state index in [1.54, 1.807) is 18.2 Å². The molecular weight excluding hydrogens is 336 g/mol. The van der Waals surface area contributed by atoms with Crippen LogP contribution < -0.4 is 10.2 Å². The lowest BCUT2D eigenvalue weighted by Gasteiger charge is -2.04. The number of hydrogen-bond acceptors (Lipinski definition) is 6. The van der Waals surface area contributed by atoms with Crippen molar-refractivity contribution in [3.05, 3.63) is 80.2 Å². The van der Waals surface area contributed by atoms with Crippen molar-refractivity contribution in [2.75, 3.05) is 7.11 Å². The van der Waals surface area contributed by atoms with Crippen LogP contribution in [0.5, 0.6) is 5.75 Å². The van der Waals surface area contributed by atoms with E-state index < -0.39 is 4.92 Å². The molecule has 0 fully saturated rings. The predicted octanol–water partition coefficient (Wildman–Crippen LogP) is 3.77. The first-order chi connectivity index (χ1) is 12.5. The predicted molar refractivity (Wildman–Crippen MR) is 95.6 cm³/mol. The lowest BCUT2D eigenvalue weighted by molar-refractivity contribution is -0.385. The number of nitriles is 1. The molecule has 0 N–H and O–H groups in total. The second-order valence-electron chi connectivity index (χ2n) is 5.33. The number of methoxy groups -OCH3 is 1. The van der Waals surface area contributed by atoms with Gasteiger partial charge in [-0.15, -0.1) is 0 Å². The third kappa shape index (κ3) is 3.03. The third-order valence-electron chi connectivity index (χ3n) is 3.82. The maximum Gasteiger partial charge on any atom is 0.277 e. The van der Waals surface area contributed by atoms with Crippen molar-refractivity contribution in [2.45, 2.75) is 0 Å². The van der Waals surface area contributed by atoms with Gasteiger partial charge in [0.1, 0.15) is 23.7 Å². The van der Waals surface area contributed by atoms with Crippen LogP contribution in [0.15, 0.2) is 57.9 Å². The van der Waals surface area contributed by atoms with Gasteiger partial charge in [-0.25, -0.2) is 0 Å². The number of nitro benzene ring substituents is 1. The van der Waals surface area contributed by atoms with E-state index in [0.29, 0.717) is 11.3 Å². The largest absolute Gasteiger partial charge is 0.497 e. The molecule has 0 saturated heterocycles. The Labute approximate surface area is 147 Å². The normalized spacial score (nSPS) is 11.2. The highest BCUT2D eigenvalue weighted by molar-refractivity contribution is 5.93. The van der Waals surface area contributed by atoms with E-state index in [1.165, 1.54) is 43.7 Å². The molecule has 7 nitrogen and oxygen atoms in total. The van der Waals surface area contributed by atoms with Crippen LogP contribution in [-0.4, -0.2) is 12.0 Å². The van der Waals surface area contributed by atoms with Gasteiger partial charge < -0.3 is 9.15 Å². The Morgan fingerprint density at radius 3 is 2.77 bits per heavy atom. The summed E-state index contributed by atoms with van der Waals surface area (Å²) in [6, 6.07) is 12.6. The van der Waals surface area contributed by atoms with E-state index in [2.05, 4.69) is 0 Å². The van der Waals surface area contributed by atoms with Crippen LogP contribution >= 0.6 is 0 Å². The first-order valence-electron chi connectivity index (χ1n) is 7.50. The molecular formula is C19H12N2O5. The van der Waals surface area contributed by atoms with Gasteiger partial charge in [0.15, 0.2) is 5.43 Å². The van der Waals surface area contributed by atoms with E-state index >= 15 is 0 Å². The molecule has 0 bridgehead atoms. The Morgan fingerprint density at radius 1 is 1.31 bits per heavy atom. The number of hydrogen-bond donors (Lipinski definition) is 0. The molecule has 0 aliphatic carbocycles. The second kappa shape index (κ2) is 6.91. The Balaban J connectivity index is 2.20. The smallest absolute Gasteiger partial charge is 0.277 e. The summed E-state index contributed by atoms with van der Waals surface area (Å²) in [5.74, 6) is 0.491. The fourth-order valence-electron chi connectivity index (χ4n) is 2.54. The first kappa shape index (κ1) is 16.9. The second-order valence-corrected chi connectivity index (χ2v) is 5.33. The van der Waals surface area contributed by atoms with Crippen LogP contribution in [0.4, 0.5) is 5.69 Å². The molecule has 0 spiro atoms. The highest BCUT2D eigenvalue weighted by Crippen LogP contribution is 2.27. The number of rotatable bonds is 4. The van der Waals surface area contributed by atoms with Crippen molar-refractivity contribution >= 4 is 28.3 Å². The summed E-state index contributed by atoms with van der Waals surface area (Å²) < 4.78 is 10.5. The van der Waals surface area contributed by atoms with Crippen LogP contribution in [0.1, 0.15) is 11.1 Å². The van der Waals surface area contributed by atoms with E-state index in [-0.39, 0.29) is 33.2 Å². The van der Waals surface area contributed by atoms with Gasteiger partial charge in [0.25, 0.3) is 5.69 Å². The molecule has 26 heavy (non-hydrogen) atoms. The highest BCUT2D eigenvalue weighted by Gasteiger charge is 2.17. The number of fused-ring (bicyclic) bond motifs is 1. The minimum Gasteiger partial charge on any atom is -0.497 e. The van der Waals surface area contributed by atoms with E-state index in [0.717, 1.165) is 0 Å². The molecule has 3 rings (SSSR count). The molecule has 0 amide bonds. The topological polar surface area (TPSA) is 106 Å². The lowest BCUT2D eigenvalue weighted by atomic mass is 10.0. The quantitative estimate of drug-likeness (QED) is 0.403. The minimum absolute atomic E-state index is 0.00755. The summed E-state index contributed by atoms with van der Waals surface area (Å²) in [6.07, 6.45) is 2.51. The number of allylic oxidation sites excluding steroid dienone is 1. The van der Waals surface area contributed by atoms with Crippen LogP contribution in [0.3, 0.4) is 0 Å². The summed E-state index contributed by atoms with van der Waals surface area (Å²) in [4.78, 5) is 23.3. The molecule has 2 aromatic carbocycles. The first-order valence-corrected chi connectivity index (χ1v) is 7.50. The van der Waals surface area contributed by atoms with Gasteiger partial charge in [0, 0.05) is 6.07 Å². The number of para-hydroxylation sites is 1. The van der Waals surface area contributed by atoms with Crippen molar-refractivity contribution in [2.24, 2.45) is 0 Å². The molecule has 0 saturated carbocycles. The van der Waals surface area contributed by atoms with E-state index in [1.807, 2.05) is 6.07 Å². The van der Waals surface area contributed by atoms with Crippen LogP contribution in [0, 0.1) is 21.4 Å². The van der Waals surface area contributed by atoms with Gasteiger partial charge >= 0.3 is 0 Å². The molecule has 0 radical (unpaired) electrons. The van der Waals surface area contributed by atoms with Crippen molar-refractivity contribution in [1.29, 1.82) is 5.26 Å². The van der Waals surface area contributed by atoms with Gasteiger partial charge in [-0.05, 0) is 30.3 Å². The van der Waals surface area contributed by atoms with Gasteiger partial charge in [0.2, 0.25) is 0 Å². The van der Waals surface area contributed by atoms with Gasteiger partial charge in [-0.1, -0.05) is 12.1 Å². The minimum atomic E-state index is -0.575. The zero-order chi connectivity index (χ0) is 18.7. The molecule has 0 atom stereocenters. The molecule has 7 heteroatoms. The lowest BCUT2D eigenvalue weighted by Crippen LogP contribution is -2.05. The summed E-state index contributed by atoms with van der Waals surface area (Å²) in [5, 5.41) is 20.9. The Kier molecular flexibility index (Phi) is 4.50. The molecule has 0 unspecified atom stereocenters. The highest BCUT2D eigenvalue weighted by atomic mass is 16.6. The standard InChI is InChI=1S/C19H12N2O5/c1-25-14-6-7-18-16(9-14)19(22)13(11-26-18)8-12(10-20)15-4-2-3-5-17(15)21(23)24/h2-9,11H,1H3/b12-8+. The average Bonchev–Trinajstić information content (AvgIpc) is 2.67. The van der Waals surface area contributed by atoms with Crippen molar-refractivity contribution in [3.63, 3.8) is 0 Å². The van der Waals surface area contributed by atoms with Crippen molar-refractivity contribution < 1.29 is 14.1 Å². The van der Waals surface area contributed by atoms with E-state index in [4.69, 9.17) is 9.15 Å². The van der Waals surface area contributed by atoms with Gasteiger partial charge in [-0.3, -0.25) is 14.9 Å².